The number of β-amino-alcohol motifs (C(OH)–C–C–N with tert-alkyl or cyclic N) is 1. The van der Waals surface area contributed by atoms with Crippen LogP contribution in [0.1, 0.15) is 0 Å². The van der Waals surface area contributed by atoms with E-state index in [0.29, 0.717) is 5.75 Å². The third-order valence-corrected chi connectivity index (χ3v) is 4.57. The molecule has 1 aliphatic rings. The molecule has 0 bridgehead atoms. The molecule has 1 aliphatic heterocycles. The summed E-state index contributed by atoms with van der Waals surface area (Å²) in [5, 5.41) is 9.12. The topological polar surface area (TPSA) is 92.9 Å². The monoisotopic (exact) mass is 258 g/mol. The van der Waals surface area contributed by atoms with Gasteiger partial charge in [-0.15, -0.1) is 0 Å². The van der Waals surface area contributed by atoms with Gasteiger partial charge in [0.25, 0.3) is 0 Å². The zero-order valence-corrected chi connectivity index (χ0v) is 10.1. The lowest BCUT2D eigenvalue weighted by atomic mass is 10.2. The molecule has 0 aromatic heterocycles. The largest absolute Gasteiger partial charge is 0.497 e. The van der Waals surface area contributed by atoms with Gasteiger partial charge in [0.05, 0.1) is 18.9 Å². The molecule has 1 fully saturated rings. The SMILES string of the molecule is COc1ccc(S(=O)(=O)N2CC(O)C2)c(N)c1. The molecule has 0 saturated carbocycles. The van der Waals surface area contributed by atoms with Gasteiger partial charge in [0, 0.05) is 19.2 Å². The molecule has 3 N–H and O–H groups in total. The standard InChI is InChI=1S/C10H14N2O4S/c1-16-8-2-3-10(9(11)4-8)17(14,15)12-5-7(13)6-12/h2-4,7,13H,5-6,11H2,1H3. The van der Waals surface area contributed by atoms with Crippen molar-refractivity contribution in [2.45, 2.75) is 11.0 Å². The fourth-order valence-corrected chi connectivity index (χ4v) is 3.25. The van der Waals surface area contributed by atoms with E-state index in [-0.39, 0.29) is 23.7 Å². The number of benzene rings is 1. The smallest absolute Gasteiger partial charge is 0.245 e. The third-order valence-electron chi connectivity index (χ3n) is 2.66. The molecule has 17 heavy (non-hydrogen) atoms. The number of hydrogen-bond acceptors (Lipinski definition) is 5. The zero-order chi connectivity index (χ0) is 12.6. The molecule has 0 atom stereocenters. The Morgan fingerprint density at radius 2 is 2.12 bits per heavy atom. The predicted octanol–water partition coefficient (Wildman–Crippen LogP) is -0.357. The van der Waals surface area contributed by atoms with E-state index in [1.807, 2.05) is 0 Å². The Hall–Kier alpha value is -1.31. The lowest BCUT2D eigenvalue weighted by Crippen LogP contribution is -2.53. The number of nitrogen functional groups attached to an aromatic ring is 1. The van der Waals surface area contributed by atoms with Gasteiger partial charge >= 0.3 is 0 Å². The number of anilines is 1. The highest BCUT2D eigenvalue weighted by molar-refractivity contribution is 7.89. The highest BCUT2D eigenvalue weighted by Crippen LogP contribution is 2.28. The lowest BCUT2D eigenvalue weighted by molar-refractivity contribution is 0.0548. The average Bonchev–Trinajstić information content (AvgIpc) is 2.24. The number of ether oxygens (including phenoxy) is 1. The lowest BCUT2D eigenvalue weighted by Gasteiger charge is -2.34. The Labute approximate surface area is 99.7 Å². The Morgan fingerprint density at radius 1 is 1.47 bits per heavy atom. The van der Waals surface area contributed by atoms with E-state index in [4.69, 9.17) is 15.6 Å². The summed E-state index contributed by atoms with van der Waals surface area (Å²) in [7, 11) is -2.12. The van der Waals surface area contributed by atoms with E-state index in [1.54, 1.807) is 6.07 Å². The van der Waals surface area contributed by atoms with Crippen LogP contribution in [0.5, 0.6) is 5.75 Å². The number of aliphatic hydroxyl groups is 1. The van der Waals surface area contributed by atoms with Crippen molar-refractivity contribution in [2.75, 3.05) is 25.9 Å². The summed E-state index contributed by atoms with van der Waals surface area (Å²) in [4.78, 5) is 0.0465. The van der Waals surface area contributed by atoms with Crippen LogP contribution in [0.4, 0.5) is 5.69 Å². The normalized spacial score (nSPS) is 17.8. The summed E-state index contributed by atoms with van der Waals surface area (Å²) in [6.07, 6.45) is -0.579. The average molecular weight is 258 g/mol. The Balaban J connectivity index is 2.34. The van der Waals surface area contributed by atoms with Gasteiger partial charge < -0.3 is 15.6 Å². The molecule has 0 aliphatic carbocycles. The Bertz CT molecular complexity index is 523. The van der Waals surface area contributed by atoms with Crippen LogP contribution < -0.4 is 10.5 Å². The molecule has 6 nitrogen and oxygen atoms in total. The van der Waals surface area contributed by atoms with E-state index >= 15 is 0 Å². The van der Waals surface area contributed by atoms with Crippen LogP contribution >= 0.6 is 0 Å². The number of methoxy groups -OCH3 is 1. The molecular formula is C10H14N2O4S. The molecule has 1 saturated heterocycles. The molecule has 0 spiro atoms. The number of aliphatic hydroxyl groups excluding tert-OH is 1. The maximum Gasteiger partial charge on any atom is 0.245 e. The molecule has 94 valence electrons. The first-order valence-corrected chi connectivity index (χ1v) is 6.51. The van der Waals surface area contributed by atoms with Crippen LogP contribution in [-0.2, 0) is 10.0 Å². The van der Waals surface area contributed by atoms with Crippen molar-refractivity contribution in [3.8, 4) is 5.75 Å². The molecule has 0 unspecified atom stereocenters. The fourth-order valence-electron chi connectivity index (χ4n) is 1.64. The predicted molar refractivity (Wildman–Crippen MR) is 62.2 cm³/mol. The summed E-state index contributed by atoms with van der Waals surface area (Å²) in [5.41, 5.74) is 5.83. The molecule has 0 radical (unpaired) electrons. The summed E-state index contributed by atoms with van der Waals surface area (Å²) in [6.45, 7) is 0.238. The number of sulfonamides is 1. The molecule has 0 amide bonds. The van der Waals surface area contributed by atoms with Crippen molar-refractivity contribution >= 4 is 15.7 Å². The molecule has 1 aromatic rings. The van der Waals surface area contributed by atoms with Gasteiger partial charge in [0.1, 0.15) is 10.6 Å². The molecular weight excluding hydrogens is 244 g/mol. The van der Waals surface area contributed by atoms with Gasteiger partial charge in [0.2, 0.25) is 10.0 Å². The first-order chi connectivity index (χ1) is 7.95. The van der Waals surface area contributed by atoms with Gasteiger partial charge in [-0.25, -0.2) is 8.42 Å². The quantitative estimate of drug-likeness (QED) is 0.722. The van der Waals surface area contributed by atoms with Crippen molar-refractivity contribution in [3.63, 3.8) is 0 Å². The van der Waals surface area contributed by atoms with Crippen molar-refractivity contribution in [3.05, 3.63) is 18.2 Å². The van der Waals surface area contributed by atoms with Crippen molar-refractivity contribution in [1.82, 2.24) is 4.31 Å². The zero-order valence-electron chi connectivity index (χ0n) is 9.33. The van der Waals surface area contributed by atoms with Gasteiger partial charge in [-0.1, -0.05) is 0 Å². The summed E-state index contributed by atoms with van der Waals surface area (Å²) in [5.74, 6) is 0.505. The number of nitrogens with two attached hydrogens (primary N) is 1. The van der Waals surface area contributed by atoms with Gasteiger partial charge in [-0.3, -0.25) is 0 Å². The molecule has 7 heteroatoms. The molecule has 1 aromatic carbocycles. The van der Waals surface area contributed by atoms with E-state index in [1.165, 1.54) is 23.5 Å². The summed E-state index contributed by atoms with van der Waals surface area (Å²) >= 11 is 0. The van der Waals surface area contributed by atoms with Crippen LogP contribution in [0.3, 0.4) is 0 Å². The first kappa shape index (κ1) is 12.2. The minimum absolute atomic E-state index is 0.0465. The van der Waals surface area contributed by atoms with Crippen molar-refractivity contribution in [2.24, 2.45) is 0 Å². The highest BCUT2D eigenvalue weighted by atomic mass is 32.2. The van der Waals surface area contributed by atoms with E-state index < -0.39 is 16.1 Å². The fraction of sp³-hybridized carbons (Fsp3) is 0.400. The Kier molecular flexibility index (Phi) is 2.98. The maximum absolute atomic E-state index is 12.1. The highest BCUT2D eigenvalue weighted by Gasteiger charge is 2.36. The van der Waals surface area contributed by atoms with Gasteiger partial charge in [-0.05, 0) is 12.1 Å². The van der Waals surface area contributed by atoms with E-state index in [0.717, 1.165) is 0 Å². The minimum Gasteiger partial charge on any atom is -0.497 e. The van der Waals surface area contributed by atoms with Crippen LogP contribution in [0, 0.1) is 0 Å². The van der Waals surface area contributed by atoms with E-state index in [9.17, 15) is 8.42 Å². The van der Waals surface area contributed by atoms with Crippen LogP contribution in [0.25, 0.3) is 0 Å². The van der Waals surface area contributed by atoms with Crippen molar-refractivity contribution < 1.29 is 18.3 Å². The second kappa shape index (κ2) is 4.17. The number of nitrogens with zero attached hydrogens (tertiary/aromatic N) is 1. The second-order valence-corrected chi connectivity index (χ2v) is 5.79. The second-order valence-electron chi connectivity index (χ2n) is 3.88. The first-order valence-electron chi connectivity index (χ1n) is 5.07. The van der Waals surface area contributed by atoms with Crippen molar-refractivity contribution in [1.29, 1.82) is 0 Å². The number of rotatable bonds is 3. The number of hydrogen-bond donors (Lipinski definition) is 2. The Morgan fingerprint density at radius 3 is 2.59 bits per heavy atom. The molecule has 1 heterocycles. The summed E-state index contributed by atoms with van der Waals surface area (Å²) in [6, 6.07) is 4.41. The molecule has 2 rings (SSSR count). The minimum atomic E-state index is -3.60. The van der Waals surface area contributed by atoms with Crippen LogP contribution in [0.15, 0.2) is 23.1 Å². The maximum atomic E-state index is 12.1. The summed E-state index contributed by atoms with van der Waals surface area (Å²) < 4.78 is 30.3. The van der Waals surface area contributed by atoms with Crippen LogP contribution in [0.2, 0.25) is 0 Å². The third kappa shape index (κ3) is 2.08. The van der Waals surface area contributed by atoms with Gasteiger partial charge in [-0.2, -0.15) is 4.31 Å². The van der Waals surface area contributed by atoms with Gasteiger partial charge in [0.15, 0.2) is 0 Å². The van der Waals surface area contributed by atoms with Crippen LogP contribution in [-0.4, -0.2) is 44.1 Å². The van der Waals surface area contributed by atoms with E-state index in [2.05, 4.69) is 0 Å².